The minimum atomic E-state index is -0.355. The van der Waals surface area contributed by atoms with Crippen LogP contribution in [-0.4, -0.2) is 44.3 Å². The van der Waals surface area contributed by atoms with Gasteiger partial charge in [0.2, 0.25) is 0 Å². The van der Waals surface area contributed by atoms with Gasteiger partial charge in [0.05, 0.1) is 23.0 Å². The van der Waals surface area contributed by atoms with Crippen LogP contribution in [0.4, 0.5) is 11.6 Å². The summed E-state index contributed by atoms with van der Waals surface area (Å²) in [7, 11) is 1.87. The van der Waals surface area contributed by atoms with E-state index in [1.54, 1.807) is 6.33 Å². The second kappa shape index (κ2) is 8.87. The van der Waals surface area contributed by atoms with Crippen LogP contribution in [0.5, 0.6) is 0 Å². The van der Waals surface area contributed by atoms with Crippen molar-refractivity contribution in [3.8, 4) is 0 Å². The first-order chi connectivity index (χ1) is 16.7. The van der Waals surface area contributed by atoms with Gasteiger partial charge in [-0.2, -0.15) is 0 Å². The zero-order chi connectivity index (χ0) is 23.1. The molecule has 3 unspecified atom stereocenters. The van der Waals surface area contributed by atoms with Gasteiger partial charge in [0.15, 0.2) is 0 Å². The minimum absolute atomic E-state index is 0.0560. The summed E-state index contributed by atoms with van der Waals surface area (Å²) in [5, 5.41) is 19.7. The molecule has 0 spiro atoms. The highest BCUT2D eigenvalue weighted by Gasteiger charge is 2.34. The first-order valence-corrected chi connectivity index (χ1v) is 12.5. The van der Waals surface area contributed by atoms with Crippen molar-refractivity contribution in [3.05, 3.63) is 54.5 Å². The van der Waals surface area contributed by atoms with Gasteiger partial charge in [-0.15, -0.1) is 0 Å². The molecule has 4 aromatic rings. The molecule has 3 aromatic heterocycles. The van der Waals surface area contributed by atoms with E-state index in [-0.39, 0.29) is 12.1 Å². The van der Waals surface area contributed by atoms with E-state index in [4.69, 9.17) is 4.98 Å². The smallest absolute Gasteiger partial charge is 0.145 e. The van der Waals surface area contributed by atoms with Crippen LogP contribution in [0.3, 0.4) is 0 Å². The molecule has 34 heavy (non-hydrogen) atoms. The molecular weight excluding hydrogens is 424 g/mol. The number of aliphatic hydroxyl groups excluding tert-OH is 1. The summed E-state index contributed by atoms with van der Waals surface area (Å²) in [6.07, 6.45) is 9.81. The van der Waals surface area contributed by atoms with Gasteiger partial charge in [-0.05, 0) is 80.2 Å². The average molecular weight is 457 g/mol. The van der Waals surface area contributed by atoms with E-state index < -0.39 is 0 Å². The number of anilines is 2. The van der Waals surface area contributed by atoms with Crippen LogP contribution in [0.1, 0.15) is 43.7 Å². The highest BCUT2D eigenvalue weighted by atomic mass is 16.3. The molecule has 7 heteroatoms. The number of aliphatic hydroxyl groups is 1. The number of rotatable bonds is 8. The molecule has 2 aliphatic carbocycles. The number of hydrogen-bond donors (Lipinski definition) is 3. The summed E-state index contributed by atoms with van der Waals surface area (Å²) >= 11 is 0. The zero-order valence-electron chi connectivity index (χ0n) is 19.6. The molecule has 2 aliphatic rings. The summed E-state index contributed by atoms with van der Waals surface area (Å²) in [6.45, 7) is 1.03. The second-order valence-electron chi connectivity index (χ2n) is 9.99. The molecule has 3 atom stereocenters. The van der Waals surface area contributed by atoms with E-state index >= 15 is 0 Å². The molecular formula is C27H32N6O. The molecule has 0 amide bonds. The SMILES string of the molecule is CNc1ncnc2c1ccn2C1CC(CCc2ccc3ccc(NCC4CC4)nc3c2)CC1O. The molecule has 3 heterocycles. The third-order valence-electron chi connectivity index (χ3n) is 7.56. The van der Waals surface area contributed by atoms with Crippen LogP contribution in [-0.2, 0) is 6.42 Å². The number of nitrogens with one attached hydrogen (secondary N) is 2. The Morgan fingerprint density at radius 2 is 1.94 bits per heavy atom. The van der Waals surface area contributed by atoms with Gasteiger partial charge < -0.3 is 20.3 Å². The van der Waals surface area contributed by atoms with Crippen LogP contribution < -0.4 is 10.6 Å². The second-order valence-corrected chi connectivity index (χ2v) is 9.99. The van der Waals surface area contributed by atoms with E-state index in [1.807, 2.05) is 19.3 Å². The lowest BCUT2D eigenvalue weighted by molar-refractivity contribution is 0.136. The van der Waals surface area contributed by atoms with Crippen molar-refractivity contribution >= 4 is 33.6 Å². The Bertz CT molecular complexity index is 1310. The lowest BCUT2D eigenvalue weighted by atomic mass is 9.97. The number of benzene rings is 1. The largest absolute Gasteiger partial charge is 0.391 e. The molecule has 0 bridgehead atoms. The Morgan fingerprint density at radius 1 is 1.06 bits per heavy atom. The highest BCUT2D eigenvalue weighted by molar-refractivity contribution is 5.87. The molecule has 0 radical (unpaired) electrons. The summed E-state index contributed by atoms with van der Waals surface area (Å²) in [6, 6.07) is 13.0. The number of fused-ring (bicyclic) bond motifs is 2. The van der Waals surface area contributed by atoms with Gasteiger partial charge in [-0.1, -0.05) is 12.1 Å². The number of nitrogens with zero attached hydrogens (tertiary/aromatic N) is 4. The predicted octanol–water partition coefficient (Wildman–Crippen LogP) is 4.79. The van der Waals surface area contributed by atoms with Crippen molar-refractivity contribution in [2.45, 2.75) is 50.7 Å². The van der Waals surface area contributed by atoms with Crippen LogP contribution >= 0.6 is 0 Å². The summed E-state index contributed by atoms with van der Waals surface area (Å²) in [5.74, 6) is 3.11. The van der Waals surface area contributed by atoms with E-state index in [0.29, 0.717) is 5.92 Å². The van der Waals surface area contributed by atoms with Crippen LogP contribution in [0.15, 0.2) is 48.9 Å². The minimum Gasteiger partial charge on any atom is -0.391 e. The maximum absolute atomic E-state index is 10.9. The van der Waals surface area contributed by atoms with Crippen molar-refractivity contribution in [2.75, 3.05) is 24.2 Å². The third-order valence-corrected chi connectivity index (χ3v) is 7.56. The molecule has 0 aliphatic heterocycles. The van der Waals surface area contributed by atoms with Gasteiger partial charge in [0.25, 0.3) is 0 Å². The Labute approximate surface area is 199 Å². The zero-order valence-corrected chi connectivity index (χ0v) is 19.6. The lowest BCUT2D eigenvalue weighted by Crippen LogP contribution is -2.17. The van der Waals surface area contributed by atoms with Crippen LogP contribution in [0.25, 0.3) is 21.9 Å². The molecule has 7 nitrogen and oxygen atoms in total. The maximum Gasteiger partial charge on any atom is 0.145 e. The Balaban J connectivity index is 1.13. The quantitative estimate of drug-likeness (QED) is 0.353. The van der Waals surface area contributed by atoms with Crippen LogP contribution in [0, 0.1) is 11.8 Å². The van der Waals surface area contributed by atoms with Gasteiger partial charge in [0.1, 0.15) is 23.6 Å². The van der Waals surface area contributed by atoms with E-state index in [1.165, 1.54) is 23.8 Å². The van der Waals surface area contributed by atoms with Crippen molar-refractivity contribution in [3.63, 3.8) is 0 Å². The summed E-state index contributed by atoms with van der Waals surface area (Å²) < 4.78 is 2.14. The molecule has 6 rings (SSSR count). The number of aromatic nitrogens is 4. The molecule has 1 aromatic carbocycles. The number of pyridine rings is 1. The topological polar surface area (TPSA) is 87.9 Å². The molecule has 0 saturated heterocycles. The maximum atomic E-state index is 10.9. The number of aryl methyl sites for hydroxylation is 1. The molecule has 2 saturated carbocycles. The Kier molecular flexibility index (Phi) is 5.57. The van der Waals surface area contributed by atoms with E-state index in [2.05, 4.69) is 55.5 Å². The summed E-state index contributed by atoms with van der Waals surface area (Å²) in [4.78, 5) is 13.6. The summed E-state index contributed by atoms with van der Waals surface area (Å²) in [5.41, 5.74) is 3.26. The average Bonchev–Trinajstić information content (AvgIpc) is 3.48. The van der Waals surface area contributed by atoms with Gasteiger partial charge in [-0.25, -0.2) is 15.0 Å². The fourth-order valence-corrected chi connectivity index (χ4v) is 5.42. The monoisotopic (exact) mass is 456 g/mol. The van der Waals surface area contributed by atoms with Gasteiger partial charge in [-0.3, -0.25) is 0 Å². The highest BCUT2D eigenvalue weighted by Crippen LogP contribution is 2.39. The van der Waals surface area contributed by atoms with Crippen molar-refractivity contribution < 1.29 is 5.11 Å². The fourth-order valence-electron chi connectivity index (χ4n) is 5.42. The third kappa shape index (κ3) is 4.20. The standard InChI is InChI=1S/C27H32N6O/c1-28-26-21-10-11-33(27(21)31-16-30-26)23-13-19(14-24(23)34)5-2-17-6-7-20-8-9-25(32-22(20)12-17)29-15-18-3-4-18/h6-12,16,18-19,23-24,34H,2-5,13-15H2,1H3,(H,29,32)(H,28,30,31). The Morgan fingerprint density at radius 3 is 2.79 bits per heavy atom. The first-order valence-electron chi connectivity index (χ1n) is 12.5. The molecule has 2 fully saturated rings. The van der Waals surface area contributed by atoms with Gasteiger partial charge in [0, 0.05) is 25.2 Å². The first kappa shape index (κ1) is 21.4. The normalized spacial score (nSPS) is 22.5. The molecule has 3 N–H and O–H groups in total. The van der Waals surface area contributed by atoms with E-state index in [9.17, 15) is 5.11 Å². The van der Waals surface area contributed by atoms with E-state index in [0.717, 1.165) is 66.3 Å². The number of hydrogen-bond acceptors (Lipinski definition) is 6. The van der Waals surface area contributed by atoms with Gasteiger partial charge >= 0.3 is 0 Å². The predicted molar refractivity (Wildman–Crippen MR) is 136 cm³/mol. The Hall–Kier alpha value is -3.19. The van der Waals surface area contributed by atoms with Crippen molar-refractivity contribution in [2.24, 2.45) is 11.8 Å². The van der Waals surface area contributed by atoms with Crippen LogP contribution in [0.2, 0.25) is 0 Å². The molecule has 176 valence electrons. The fraction of sp³-hybridized carbons (Fsp3) is 0.444. The van der Waals surface area contributed by atoms with Crippen molar-refractivity contribution in [1.29, 1.82) is 0 Å². The van der Waals surface area contributed by atoms with Crippen molar-refractivity contribution in [1.82, 2.24) is 19.5 Å². The lowest BCUT2D eigenvalue weighted by Gasteiger charge is -2.17.